The molecular formula is C14H14N4O2. The molecule has 1 fully saturated rings. The van der Waals surface area contributed by atoms with Crippen LogP contribution in [0, 0.1) is 0 Å². The quantitative estimate of drug-likeness (QED) is 0.787. The number of hydrogen-bond acceptors (Lipinski definition) is 4. The van der Waals surface area contributed by atoms with Gasteiger partial charge in [0.15, 0.2) is 0 Å². The van der Waals surface area contributed by atoms with Gasteiger partial charge in [-0.25, -0.2) is 4.98 Å². The van der Waals surface area contributed by atoms with Crippen LogP contribution in [0.15, 0.2) is 41.6 Å². The fourth-order valence-electron chi connectivity index (χ4n) is 1.76. The zero-order valence-electron chi connectivity index (χ0n) is 10.7. The number of anilines is 2. The predicted octanol–water partition coefficient (Wildman–Crippen LogP) is 1.60. The van der Waals surface area contributed by atoms with Crippen LogP contribution >= 0.6 is 0 Å². The molecule has 102 valence electrons. The summed E-state index contributed by atoms with van der Waals surface area (Å²) in [5.41, 5.74) is 0.393. The number of pyridine rings is 2. The van der Waals surface area contributed by atoms with Gasteiger partial charge in [-0.05, 0) is 25.0 Å². The molecule has 20 heavy (non-hydrogen) atoms. The molecule has 1 aliphatic carbocycles. The van der Waals surface area contributed by atoms with Crippen molar-refractivity contribution >= 4 is 17.4 Å². The molecule has 1 amide bonds. The summed E-state index contributed by atoms with van der Waals surface area (Å²) in [4.78, 5) is 30.4. The Morgan fingerprint density at radius 2 is 2.15 bits per heavy atom. The zero-order valence-corrected chi connectivity index (χ0v) is 10.7. The molecule has 0 bridgehead atoms. The number of rotatable bonds is 4. The van der Waals surface area contributed by atoms with Crippen LogP contribution in [0.2, 0.25) is 0 Å². The first kappa shape index (κ1) is 12.4. The van der Waals surface area contributed by atoms with E-state index in [1.165, 1.54) is 37.5 Å². The number of nitrogens with zero attached hydrogens (tertiary/aromatic N) is 1. The molecular weight excluding hydrogens is 256 g/mol. The molecule has 0 unspecified atom stereocenters. The lowest BCUT2D eigenvalue weighted by Gasteiger charge is -2.06. The second kappa shape index (κ2) is 5.16. The van der Waals surface area contributed by atoms with Crippen LogP contribution < -0.4 is 16.1 Å². The molecule has 0 aromatic carbocycles. The van der Waals surface area contributed by atoms with Crippen LogP contribution in [0.25, 0.3) is 0 Å². The second-order valence-electron chi connectivity index (χ2n) is 4.73. The summed E-state index contributed by atoms with van der Waals surface area (Å²) in [6.07, 6.45) is 6.80. The van der Waals surface area contributed by atoms with Crippen LogP contribution in [0.1, 0.15) is 23.2 Å². The SMILES string of the molecule is O=C(Nc1c[nH]ccc1=O)c1ccc(NC2CC2)nc1. The van der Waals surface area contributed by atoms with Crippen LogP contribution in [0.5, 0.6) is 0 Å². The highest BCUT2D eigenvalue weighted by Crippen LogP contribution is 2.23. The van der Waals surface area contributed by atoms with Crippen molar-refractivity contribution in [2.45, 2.75) is 18.9 Å². The molecule has 3 N–H and O–H groups in total. The van der Waals surface area contributed by atoms with E-state index in [9.17, 15) is 9.59 Å². The zero-order chi connectivity index (χ0) is 13.9. The van der Waals surface area contributed by atoms with E-state index in [4.69, 9.17) is 0 Å². The topological polar surface area (TPSA) is 86.9 Å². The maximum atomic E-state index is 12.0. The maximum absolute atomic E-state index is 12.0. The third-order valence-electron chi connectivity index (χ3n) is 3.03. The second-order valence-corrected chi connectivity index (χ2v) is 4.73. The number of H-pyrrole nitrogens is 1. The highest BCUT2D eigenvalue weighted by Gasteiger charge is 2.21. The Morgan fingerprint density at radius 3 is 2.80 bits per heavy atom. The highest BCUT2D eigenvalue weighted by atomic mass is 16.2. The third kappa shape index (κ3) is 2.85. The lowest BCUT2D eigenvalue weighted by Crippen LogP contribution is -2.18. The van der Waals surface area contributed by atoms with E-state index < -0.39 is 0 Å². The summed E-state index contributed by atoms with van der Waals surface area (Å²) in [5, 5.41) is 5.80. The largest absolute Gasteiger partial charge is 0.367 e. The van der Waals surface area contributed by atoms with Gasteiger partial charge in [-0.3, -0.25) is 9.59 Å². The first-order chi connectivity index (χ1) is 9.72. The van der Waals surface area contributed by atoms with Gasteiger partial charge in [0, 0.05) is 30.7 Å². The van der Waals surface area contributed by atoms with E-state index in [0.29, 0.717) is 11.6 Å². The van der Waals surface area contributed by atoms with Crippen molar-refractivity contribution in [3.8, 4) is 0 Å². The van der Waals surface area contributed by atoms with Crippen LogP contribution in [-0.4, -0.2) is 21.9 Å². The van der Waals surface area contributed by atoms with Crippen molar-refractivity contribution in [1.82, 2.24) is 9.97 Å². The summed E-state index contributed by atoms with van der Waals surface area (Å²) >= 11 is 0. The Balaban J connectivity index is 1.70. The Morgan fingerprint density at radius 1 is 1.30 bits per heavy atom. The standard InChI is InChI=1S/C14H14N4O2/c19-12-5-6-15-8-11(12)18-14(20)9-1-4-13(16-7-9)17-10-2-3-10/h1,4-8,10H,2-3H2,(H,15,19)(H,16,17)(H,18,20). The maximum Gasteiger partial charge on any atom is 0.257 e. The number of amides is 1. The van der Waals surface area contributed by atoms with Crippen molar-refractivity contribution in [1.29, 1.82) is 0 Å². The number of hydrogen-bond donors (Lipinski definition) is 3. The van der Waals surface area contributed by atoms with Crippen LogP contribution in [0.3, 0.4) is 0 Å². The smallest absolute Gasteiger partial charge is 0.257 e. The van der Waals surface area contributed by atoms with Crippen molar-refractivity contribution in [3.05, 3.63) is 52.6 Å². The summed E-state index contributed by atoms with van der Waals surface area (Å²) in [6, 6.07) is 5.33. The van der Waals surface area contributed by atoms with Gasteiger partial charge in [0.1, 0.15) is 11.5 Å². The summed E-state index contributed by atoms with van der Waals surface area (Å²) in [5.74, 6) is 0.411. The molecule has 0 saturated heterocycles. The Bertz CT molecular complexity index is 674. The molecule has 2 heterocycles. The molecule has 3 rings (SSSR count). The lowest BCUT2D eigenvalue weighted by molar-refractivity contribution is 0.102. The van der Waals surface area contributed by atoms with Gasteiger partial charge in [0.25, 0.3) is 5.91 Å². The molecule has 1 saturated carbocycles. The molecule has 6 nitrogen and oxygen atoms in total. The van der Waals surface area contributed by atoms with E-state index in [1.54, 1.807) is 12.1 Å². The first-order valence-corrected chi connectivity index (χ1v) is 6.43. The monoisotopic (exact) mass is 270 g/mol. The minimum Gasteiger partial charge on any atom is -0.367 e. The van der Waals surface area contributed by atoms with Gasteiger partial charge < -0.3 is 15.6 Å². The van der Waals surface area contributed by atoms with Crippen LogP contribution in [0.4, 0.5) is 11.5 Å². The molecule has 0 spiro atoms. The van der Waals surface area contributed by atoms with E-state index in [2.05, 4.69) is 20.6 Å². The van der Waals surface area contributed by atoms with Gasteiger partial charge >= 0.3 is 0 Å². The molecule has 2 aromatic heterocycles. The molecule has 0 atom stereocenters. The summed E-state index contributed by atoms with van der Waals surface area (Å²) in [7, 11) is 0. The van der Waals surface area contributed by atoms with Gasteiger partial charge in [0.2, 0.25) is 5.43 Å². The average molecular weight is 270 g/mol. The molecule has 0 aliphatic heterocycles. The number of aromatic nitrogens is 2. The predicted molar refractivity (Wildman–Crippen MR) is 75.9 cm³/mol. The average Bonchev–Trinajstić information content (AvgIpc) is 3.26. The fourth-order valence-corrected chi connectivity index (χ4v) is 1.76. The van der Waals surface area contributed by atoms with E-state index in [0.717, 1.165) is 5.82 Å². The van der Waals surface area contributed by atoms with Gasteiger partial charge in [-0.1, -0.05) is 0 Å². The van der Waals surface area contributed by atoms with E-state index >= 15 is 0 Å². The van der Waals surface area contributed by atoms with Crippen molar-refractivity contribution in [2.75, 3.05) is 10.6 Å². The highest BCUT2D eigenvalue weighted by molar-refractivity contribution is 6.04. The van der Waals surface area contributed by atoms with Crippen molar-refractivity contribution < 1.29 is 4.79 Å². The lowest BCUT2D eigenvalue weighted by atomic mass is 10.2. The Kier molecular flexibility index (Phi) is 3.20. The first-order valence-electron chi connectivity index (χ1n) is 6.43. The van der Waals surface area contributed by atoms with Gasteiger partial charge in [-0.15, -0.1) is 0 Å². The third-order valence-corrected chi connectivity index (χ3v) is 3.03. The minimum atomic E-state index is -0.354. The fraction of sp³-hybridized carbons (Fsp3) is 0.214. The number of nitrogens with one attached hydrogen (secondary N) is 3. The summed E-state index contributed by atoms with van der Waals surface area (Å²) in [6.45, 7) is 0. The van der Waals surface area contributed by atoms with E-state index in [-0.39, 0.29) is 17.0 Å². The van der Waals surface area contributed by atoms with Gasteiger partial charge in [-0.2, -0.15) is 0 Å². The minimum absolute atomic E-state index is 0.220. The normalized spacial score (nSPS) is 13.8. The number of carbonyl (C=O) groups excluding carboxylic acids is 1. The number of carbonyl (C=O) groups is 1. The molecule has 6 heteroatoms. The van der Waals surface area contributed by atoms with Crippen molar-refractivity contribution in [3.63, 3.8) is 0 Å². The van der Waals surface area contributed by atoms with E-state index in [1.807, 2.05) is 0 Å². The van der Waals surface area contributed by atoms with Crippen molar-refractivity contribution in [2.24, 2.45) is 0 Å². The van der Waals surface area contributed by atoms with Crippen LogP contribution in [-0.2, 0) is 0 Å². The summed E-state index contributed by atoms with van der Waals surface area (Å²) < 4.78 is 0. The Labute approximate surface area is 115 Å². The van der Waals surface area contributed by atoms with Gasteiger partial charge in [0.05, 0.1) is 5.56 Å². The molecule has 1 aliphatic rings. The number of aromatic amines is 1. The molecule has 2 aromatic rings. The molecule has 0 radical (unpaired) electrons. The Hall–Kier alpha value is -2.63.